The highest BCUT2D eigenvalue weighted by Crippen LogP contribution is 2.39. The summed E-state index contributed by atoms with van der Waals surface area (Å²) in [6.07, 6.45) is 4.68. The van der Waals surface area contributed by atoms with E-state index in [2.05, 4.69) is 50.2 Å². The van der Waals surface area contributed by atoms with Crippen molar-refractivity contribution in [3.05, 3.63) is 11.4 Å². The second-order valence-electron chi connectivity index (χ2n) is 6.42. The molecule has 1 unspecified atom stereocenters. The number of nitrogens with zero attached hydrogens (tertiary/aromatic N) is 2. The number of aromatic nitrogens is 2. The third-order valence-corrected chi connectivity index (χ3v) is 4.42. The highest BCUT2D eigenvalue weighted by Gasteiger charge is 2.35. The van der Waals surface area contributed by atoms with Crippen molar-refractivity contribution in [3.63, 3.8) is 0 Å². The Bertz CT molecular complexity index is 468. The Morgan fingerprint density at radius 3 is 2.45 bits per heavy atom. The molecule has 20 heavy (non-hydrogen) atoms. The first kappa shape index (κ1) is 15.1. The van der Waals surface area contributed by atoms with E-state index in [4.69, 9.17) is 4.98 Å². The summed E-state index contributed by atoms with van der Waals surface area (Å²) in [7, 11) is 0. The van der Waals surface area contributed by atoms with Crippen LogP contribution in [-0.4, -0.2) is 22.6 Å². The van der Waals surface area contributed by atoms with E-state index in [0.717, 1.165) is 36.0 Å². The van der Waals surface area contributed by atoms with Gasteiger partial charge in [-0.05, 0) is 32.1 Å². The molecule has 4 nitrogen and oxygen atoms in total. The maximum Gasteiger partial charge on any atom is 0.135 e. The van der Waals surface area contributed by atoms with Crippen molar-refractivity contribution in [3.8, 4) is 0 Å². The molecule has 0 saturated heterocycles. The van der Waals surface area contributed by atoms with Crippen LogP contribution in [0.15, 0.2) is 0 Å². The van der Waals surface area contributed by atoms with Crippen molar-refractivity contribution in [2.45, 2.75) is 66.3 Å². The van der Waals surface area contributed by atoms with Gasteiger partial charge in [0.05, 0.1) is 0 Å². The molecule has 112 valence electrons. The topological polar surface area (TPSA) is 49.8 Å². The fourth-order valence-corrected chi connectivity index (χ4v) is 2.96. The van der Waals surface area contributed by atoms with E-state index in [1.54, 1.807) is 0 Å². The molecule has 0 radical (unpaired) electrons. The molecule has 1 aliphatic carbocycles. The van der Waals surface area contributed by atoms with E-state index < -0.39 is 0 Å². The van der Waals surface area contributed by atoms with Gasteiger partial charge in [0.1, 0.15) is 17.5 Å². The number of aryl methyl sites for hydroxylation is 1. The quantitative estimate of drug-likeness (QED) is 0.859. The summed E-state index contributed by atoms with van der Waals surface area (Å²) in [5, 5.41) is 7.03. The van der Waals surface area contributed by atoms with Gasteiger partial charge in [-0.1, -0.05) is 27.2 Å². The number of anilines is 2. The molecule has 1 heterocycles. The number of hydrogen-bond donors (Lipinski definition) is 2. The average Bonchev–Trinajstić information content (AvgIpc) is 2.73. The van der Waals surface area contributed by atoms with Crippen molar-refractivity contribution in [1.82, 2.24) is 9.97 Å². The lowest BCUT2D eigenvalue weighted by atomic mass is 9.87. The average molecular weight is 276 g/mol. The van der Waals surface area contributed by atoms with Crippen LogP contribution in [0.5, 0.6) is 0 Å². The summed E-state index contributed by atoms with van der Waals surface area (Å²) in [4.78, 5) is 9.29. The van der Waals surface area contributed by atoms with Gasteiger partial charge in [-0.25, -0.2) is 9.97 Å². The molecule has 2 N–H and O–H groups in total. The molecule has 0 spiro atoms. The first-order valence-corrected chi connectivity index (χ1v) is 7.85. The molecule has 1 aromatic rings. The van der Waals surface area contributed by atoms with Gasteiger partial charge in [0.2, 0.25) is 0 Å². The van der Waals surface area contributed by atoms with Crippen LogP contribution in [-0.2, 0) is 6.42 Å². The minimum Gasteiger partial charge on any atom is -0.370 e. The smallest absolute Gasteiger partial charge is 0.135 e. The van der Waals surface area contributed by atoms with Crippen LogP contribution in [0.1, 0.15) is 58.3 Å². The molecular weight excluding hydrogens is 248 g/mol. The van der Waals surface area contributed by atoms with Crippen LogP contribution in [0.2, 0.25) is 0 Å². The normalized spacial score (nSPS) is 20.9. The van der Waals surface area contributed by atoms with Crippen LogP contribution >= 0.6 is 0 Å². The Morgan fingerprint density at radius 1 is 1.20 bits per heavy atom. The van der Waals surface area contributed by atoms with Gasteiger partial charge in [-0.15, -0.1) is 0 Å². The zero-order valence-corrected chi connectivity index (χ0v) is 13.5. The summed E-state index contributed by atoms with van der Waals surface area (Å²) < 4.78 is 0. The molecule has 1 fully saturated rings. The lowest BCUT2D eigenvalue weighted by Crippen LogP contribution is -2.31. The number of rotatable bonds is 5. The van der Waals surface area contributed by atoms with Crippen molar-refractivity contribution >= 4 is 11.6 Å². The third-order valence-electron chi connectivity index (χ3n) is 4.42. The van der Waals surface area contributed by atoms with Gasteiger partial charge in [-0.2, -0.15) is 0 Å². The SMILES string of the molecule is CCNc1nc(CC)nc(NC2CCCC2(C)C)c1C. The molecule has 1 aliphatic rings. The number of nitrogens with one attached hydrogen (secondary N) is 2. The Hall–Kier alpha value is -1.32. The van der Waals surface area contributed by atoms with Gasteiger partial charge in [0, 0.05) is 24.6 Å². The van der Waals surface area contributed by atoms with Crippen LogP contribution < -0.4 is 10.6 Å². The zero-order chi connectivity index (χ0) is 14.8. The second kappa shape index (κ2) is 5.98. The van der Waals surface area contributed by atoms with Crippen molar-refractivity contribution in [2.24, 2.45) is 5.41 Å². The van der Waals surface area contributed by atoms with Crippen molar-refractivity contribution in [2.75, 3.05) is 17.2 Å². The van der Waals surface area contributed by atoms with Gasteiger partial charge in [-0.3, -0.25) is 0 Å². The molecule has 2 rings (SSSR count). The number of hydrogen-bond acceptors (Lipinski definition) is 4. The summed E-state index contributed by atoms with van der Waals surface area (Å²) in [6.45, 7) is 11.9. The molecule has 0 bridgehead atoms. The van der Waals surface area contributed by atoms with Crippen LogP contribution in [0.4, 0.5) is 11.6 Å². The fourth-order valence-electron chi connectivity index (χ4n) is 2.96. The zero-order valence-electron chi connectivity index (χ0n) is 13.5. The van der Waals surface area contributed by atoms with E-state index in [9.17, 15) is 0 Å². The largest absolute Gasteiger partial charge is 0.370 e. The molecule has 0 aromatic carbocycles. The predicted octanol–water partition coefficient (Wildman–Crippen LogP) is 3.77. The highest BCUT2D eigenvalue weighted by atomic mass is 15.1. The minimum absolute atomic E-state index is 0.349. The first-order chi connectivity index (χ1) is 9.47. The molecule has 1 aromatic heterocycles. The molecule has 4 heteroatoms. The van der Waals surface area contributed by atoms with E-state index in [0.29, 0.717) is 11.5 Å². The Labute approximate surface area is 122 Å². The van der Waals surface area contributed by atoms with Crippen molar-refractivity contribution < 1.29 is 0 Å². The molecule has 0 amide bonds. The lowest BCUT2D eigenvalue weighted by molar-refractivity contribution is 0.349. The summed E-state index contributed by atoms with van der Waals surface area (Å²) in [5.74, 6) is 2.88. The monoisotopic (exact) mass is 276 g/mol. The van der Waals surface area contributed by atoms with Gasteiger partial charge < -0.3 is 10.6 Å². The van der Waals surface area contributed by atoms with E-state index in [1.165, 1.54) is 19.3 Å². The van der Waals surface area contributed by atoms with E-state index in [-0.39, 0.29) is 0 Å². The minimum atomic E-state index is 0.349. The van der Waals surface area contributed by atoms with Gasteiger partial charge in [0.15, 0.2) is 0 Å². The lowest BCUT2D eigenvalue weighted by Gasteiger charge is -2.29. The third kappa shape index (κ3) is 3.05. The Morgan fingerprint density at radius 2 is 1.90 bits per heavy atom. The van der Waals surface area contributed by atoms with E-state index >= 15 is 0 Å². The summed E-state index contributed by atoms with van der Waals surface area (Å²) in [6, 6.07) is 0.510. The molecule has 1 saturated carbocycles. The maximum atomic E-state index is 4.70. The molecule has 0 aliphatic heterocycles. The van der Waals surface area contributed by atoms with Crippen LogP contribution in [0.25, 0.3) is 0 Å². The van der Waals surface area contributed by atoms with Gasteiger partial charge in [0.25, 0.3) is 0 Å². The fraction of sp³-hybridized carbons (Fsp3) is 0.750. The second-order valence-corrected chi connectivity index (χ2v) is 6.42. The van der Waals surface area contributed by atoms with Crippen LogP contribution in [0, 0.1) is 12.3 Å². The van der Waals surface area contributed by atoms with E-state index in [1.807, 2.05) is 0 Å². The maximum absolute atomic E-state index is 4.70. The standard InChI is InChI=1S/C16H28N4/c1-6-13-19-14(17-7-2)11(3)15(20-13)18-12-9-8-10-16(12,4)5/h12H,6-10H2,1-5H3,(H2,17,18,19,20). The predicted molar refractivity (Wildman–Crippen MR) is 85.4 cm³/mol. The molecule has 1 atom stereocenters. The van der Waals surface area contributed by atoms with Gasteiger partial charge >= 0.3 is 0 Å². The van der Waals surface area contributed by atoms with Crippen molar-refractivity contribution in [1.29, 1.82) is 0 Å². The molecular formula is C16H28N4. The Balaban J connectivity index is 2.28. The van der Waals surface area contributed by atoms with Crippen LogP contribution in [0.3, 0.4) is 0 Å². The first-order valence-electron chi connectivity index (χ1n) is 7.85. The highest BCUT2D eigenvalue weighted by molar-refractivity contribution is 5.57. The summed E-state index contributed by atoms with van der Waals surface area (Å²) in [5.41, 5.74) is 1.48. The summed E-state index contributed by atoms with van der Waals surface area (Å²) >= 11 is 0. The Kier molecular flexibility index (Phi) is 4.51.